The highest BCUT2D eigenvalue weighted by Gasteiger charge is 2.13. The highest BCUT2D eigenvalue weighted by atomic mass is 16.3. The number of nitrogens with zero attached hydrogens (tertiary/aromatic N) is 2. The Balaban J connectivity index is 1.67. The topological polar surface area (TPSA) is 46.3 Å². The number of carbonyl (C=O) groups is 1. The van der Waals surface area contributed by atoms with Crippen molar-refractivity contribution in [2.75, 3.05) is 14.1 Å². The van der Waals surface area contributed by atoms with Crippen molar-refractivity contribution in [3.63, 3.8) is 0 Å². The molecule has 3 aromatic carbocycles. The molecule has 1 amide bonds. The molecule has 0 aliphatic rings. The summed E-state index contributed by atoms with van der Waals surface area (Å²) in [6, 6.07) is 23.7. The van der Waals surface area contributed by atoms with Gasteiger partial charge in [-0.25, -0.2) is 4.98 Å². The number of hydrogen-bond donors (Lipinski definition) is 0. The van der Waals surface area contributed by atoms with E-state index in [-0.39, 0.29) is 5.91 Å². The smallest absolute Gasteiger partial charge is 0.253 e. The molecule has 0 bridgehead atoms. The lowest BCUT2D eigenvalue weighted by Gasteiger charge is -2.09. The van der Waals surface area contributed by atoms with E-state index in [1.54, 1.807) is 31.1 Å². The summed E-state index contributed by atoms with van der Waals surface area (Å²) in [7, 11) is 3.46. The van der Waals surface area contributed by atoms with Gasteiger partial charge in [0.05, 0.1) is 0 Å². The number of rotatable bonds is 3. The molecule has 1 heterocycles. The van der Waals surface area contributed by atoms with E-state index >= 15 is 0 Å². The second-order valence-electron chi connectivity index (χ2n) is 6.34. The summed E-state index contributed by atoms with van der Waals surface area (Å²) in [6.07, 6.45) is 0. The normalized spacial score (nSPS) is 10.8. The minimum atomic E-state index is -0.0583. The van der Waals surface area contributed by atoms with Crippen molar-refractivity contribution in [2.24, 2.45) is 0 Å². The van der Waals surface area contributed by atoms with Gasteiger partial charge in [0, 0.05) is 25.2 Å². The molecule has 0 aliphatic carbocycles. The van der Waals surface area contributed by atoms with Crippen LogP contribution in [0.2, 0.25) is 0 Å². The monoisotopic (exact) mass is 342 g/mol. The average molecular weight is 342 g/mol. The molecule has 0 fully saturated rings. The lowest BCUT2D eigenvalue weighted by molar-refractivity contribution is 0.0827. The van der Waals surface area contributed by atoms with Crippen LogP contribution in [0.15, 0.2) is 77.2 Å². The number of amides is 1. The van der Waals surface area contributed by atoms with Gasteiger partial charge in [-0.15, -0.1) is 0 Å². The first-order valence-corrected chi connectivity index (χ1v) is 8.40. The number of oxazole rings is 1. The van der Waals surface area contributed by atoms with Gasteiger partial charge in [0.2, 0.25) is 5.89 Å². The van der Waals surface area contributed by atoms with E-state index in [1.807, 2.05) is 36.4 Å². The SMILES string of the molecule is CN(C)C(=O)c1ccc2nc(-c3ccc(-c4ccccc4)cc3)oc2c1. The fraction of sp³-hybridized carbons (Fsp3) is 0.0909. The number of fused-ring (bicyclic) bond motifs is 1. The molecule has 4 aromatic rings. The van der Waals surface area contributed by atoms with Gasteiger partial charge in [-0.05, 0) is 41.5 Å². The van der Waals surface area contributed by atoms with Crippen molar-refractivity contribution in [1.29, 1.82) is 0 Å². The molecule has 0 atom stereocenters. The van der Waals surface area contributed by atoms with Crippen molar-refractivity contribution in [2.45, 2.75) is 0 Å². The molecule has 4 nitrogen and oxygen atoms in total. The molecular weight excluding hydrogens is 324 g/mol. The average Bonchev–Trinajstić information content (AvgIpc) is 3.11. The molecule has 0 saturated heterocycles. The van der Waals surface area contributed by atoms with Crippen molar-refractivity contribution in [1.82, 2.24) is 9.88 Å². The Morgan fingerprint density at radius 3 is 2.19 bits per heavy atom. The zero-order valence-corrected chi connectivity index (χ0v) is 14.6. The third-order valence-corrected chi connectivity index (χ3v) is 4.28. The Labute approximate surface area is 151 Å². The van der Waals surface area contributed by atoms with E-state index in [4.69, 9.17) is 4.42 Å². The zero-order valence-electron chi connectivity index (χ0n) is 14.6. The number of carbonyl (C=O) groups excluding carboxylic acids is 1. The van der Waals surface area contributed by atoms with E-state index in [0.29, 0.717) is 17.0 Å². The first kappa shape index (κ1) is 16.1. The maximum atomic E-state index is 12.1. The summed E-state index contributed by atoms with van der Waals surface area (Å²) in [4.78, 5) is 18.2. The number of benzene rings is 3. The van der Waals surface area contributed by atoms with Crippen LogP contribution in [-0.2, 0) is 0 Å². The molecule has 0 N–H and O–H groups in total. The molecule has 1 aromatic heterocycles. The van der Waals surface area contributed by atoms with Crippen molar-refractivity contribution >= 4 is 17.0 Å². The maximum Gasteiger partial charge on any atom is 0.253 e. The second-order valence-corrected chi connectivity index (χ2v) is 6.34. The largest absolute Gasteiger partial charge is 0.436 e. The van der Waals surface area contributed by atoms with E-state index in [2.05, 4.69) is 29.2 Å². The van der Waals surface area contributed by atoms with Crippen molar-refractivity contribution in [3.8, 4) is 22.6 Å². The molecule has 128 valence electrons. The van der Waals surface area contributed by atoms with Crippen LogP contribution >= 0.6 is 0 Å². The summed E-state index contributed by atoms with van der Waals surface area (Å²) in [6.45, 7) is 0. The van der Waals surface area contributed by atoms with Crippen LogP contribution in [0.25, 0.3) is 33.7 Å². The predicted octanol–water partition coefficient (Wildman–Crippen LogP) is 4.86. The van der Waals surface area contributed by atoms with Crippen molar-refractivity contribution < 1.29 is 9.21 Å². The third-order valence-electron chi connectivity index (χ3n) is 4.28. The third kappa shape index (κ3) is 2.97. The Hall–Kier alpha value is -3.40. The summed E-state index contributed by atoms with van der Waals surface area (Å²) in [5.74, 6) is 0.492. The van der Waals surface area contributed by atoms with Gasteiger partial charge < -0.3 is 9.32 Å². The van der Waals surface area contributed by atoms with Gasteiger partial charge in [-0.1, -0.05) is 42.5 Å². The Morgan fingerprint density at radius 2 is 1.50 bits per heavy atom. The van der Waals surface area contributed by atoms with Gasteiger partial charge in [0.25, 0.3) is 5.91 Å². The lowest BCUT2D eigenvalue weighted by Crippen LogP contribution is -2.21. The van der Waals surface area contributed by atoms with Crippen LogP contribution in [0.3, 0.4) is 0 Å². The molecule has 0 spiro atoms. The molecule has 26 heavy (non-hydrogen) atoms. The molecule has 4 rings (SSSR count). The quantitative estimate of drug-likeness (QED) is 0.534. The second kappa shape index (κ2) is 6.48. The van der Waals surface area contributed by atoms with E-state index in [9.17, 15) is 4.79 Å². The van der Waals surface area contributed by atoms with Gasteiger partial charge in [-0.3, -0.25) is 4.79 Å². The standard InChI is InChI=1S/C22H18N2O2/c1-24(2)22(25)18-12-13-19-20(14-18)26-21(23-19)17-10-8-16(9-11-17)15-6-4-3-5-7-15/h3-14H,1-2H3. The van der Waals surface area contributed by atoms with E-state index in [1.165, 1.54) is 5.56 Å². The summed E-state index contributed by atoms with van der Waals surface area (Å²) >= 11 is 0. The van der Waals surface area contributed by atoms with Crippen LogP contribution in [-0.4, -0.2) is 29.9 Å². The van der Waals surface area contributed by atoms with Gasteiger partial charge >= 0.3 is 0 Å². The summed E-state index contributed by atoms with van der Waals surface area (Å²) < 4.78 is 5.89. The summed E-state index contributed by atoms with van der Waals surface area (Å²) in [5, 5.41) is 0. The maximum absolute atomic E-state index is 12.1. The molecule has 0 aliphatic heterocycles. The van der Waals surface area contributed by atoms with Crippen LogP contribution in [0.4, 0.5) is 0 Å². The van der Waals surface area contributed by atoms with Gasteiger partial charge in [-0.2, -0.15) is 0 Å². The zero-order chi connectivity index (χ0) is 18.1. The van der Waals surface area contributed by atoms with Gasteiger partial charge in [0.15, 0.2) is 5.58 Å². The van der Waals surface area contributed by atoms with Crippen LogP contribution in [0, 0.1) is 0 Å². The highest BCUT2D eigenvalue weighted by molar-refractivity contribution is 5.97. The molecule has 0 radical (unpaired) electrons. The molecule has 0 saturated carbocycles. The van der Waals surface area contributed by atoms with Gasteiger partial charge in [0.1, 0.15) is 5.52 Å². The van der Waals surface area contributed by atoms with Crippen LogP contribution < -0.4 is 0 Å². The summed E-state index contributed by atoms with van der Waals surface area (Å²) in [5.41, 5.74) is 5.15. The first-order valence-electron chi connectivity index (χ1n) is 8.40. The molecular formula is C22H18N2O2. The Bertz CT molecular complexity index is 1060. The highest BCUT2D eigenvalue weighted by Crippen LogP contribution is 2.27. The van der Waals surface area contributed by atoms with E-state index in [0.717, 1.165) is 16.6 Å². The minimum absolute atomic E-state index is 0.0583. The van der Waals surface area contributed by atoms with Crippen LogP contribution in [0.1, 0.15) is 10.4 Å². The fourth-order valence-corrected chi connectivity index (χ4v) is 2.88. The van der Waals surface area contributed by atoms with Crippen molar-refractivity contribution in [3.05, 3.63) is 78.4 Å². The Morgan fingerprint density at radius 1 is 0.846 bits per heavy atom. The van der Waals surface area contributed by atoms with Crippen LogP contribution in [0.5, 0.6) is 0 Å². The first-order chi connectivity index (χ1) is 12.6. The minimum Gasteiger partial charge on any atom is -0.436 e. The number of hydrogen-bond acceptors (Lipinski definition) is 3. The number of aromatic nitrogens is 1. The predicted molar refractivity (Wildman–Crippen MR) is 103 cm³/mol. The lowest BCUT2D eigenvalue weighted by atomic mass is 10.0. The van der Waals surface area contributed by atoms with E-state index < -0.39 is 0 Å². The molecule has 0 unspecified atom stereocenters. The Kier molecular flexibility index (Phi) is 4.01. The molecule has 4 heteroatoms. The fourth-order valence-electron chi connectivity index (χ4n) is 2.88.